The van der Waals surface area contributed by atoms with Crippen molar-refractivity contribution < 1.29 is 14.3 Å². The standard InChI is InChI=1S/C10H13NO3/c1-13-9-3-2-4-10(5-9)14-7-8(12)6-11/h2-5H,6-7,11H2,1H3. The van der Waals surface area contributed by atoms with Gasteiger partial charge in [0, 0.05) is 6.07 Å². The van der Waals surface area contributed by atoms with Crippen LogP contribution in [0.25, 0.3) is 0 Å². The van der Waals surface area contributed by atoms with Crippen molar-refractivity contribution in [2.75, 3.05) is 20.3 Å². The van der Waals surface area contributed by atoms with Crippen molar-refractivity contribution in [1.82, 2.24) is 0 Å². The Bertz CT molecular complexity index is 312. The van der Waals surface area contributed by atoms with Gasteiger partial charge in [-0.2, -0.15) is 0 Å². The van der Waals surface area contributed by atoms with Gasteiger partial charge in [0.05, 0.1) is 13.7 Å². The van der Waals surface area contributed by atoms with Gasteiger partial charge < -0.3 is 15.2 Å². The fraction of sp³-hybridized carbons (Fsp3) is 0.300. The zero-order chi connectivity index (χ0) is 10.4. The van der Waals surface area contributed by atoms with E-state index >= 15 is 0 Å². The Balaban J connectivity index is 2.54. The molecule has 0 saturated heterocycles. The summed E-state index contributed by atoms with van der Waals surface area (Å²) < 4.78 is 10.2. The summed E-state index contributed by atoms with van der Waals surface area (Å²) in [6.07, 6.45) is 0. The molecule has 14 heavy (non-hydrogen) atoms. The molecule has 2 N–H and O–H groups in total. The van der Waals surface area contributed by atoms with Crippen molar-refractivity contribution in [3.63, 3.8) is 0 Å². The molecule has 0 aliphatic carbocycles. The third kappa shape index (κ3) is 3.06. The lowest BCUT2D eigenvalue weighted by atomic mass is 10.3. The minimum atomic E-state index is -0.132. The summed E-state index contributed by atoms with van der Waals surface area (Å²) in [5.41, 5.74) is 5.14. The van der Waals surface area contributed by atoms with Gasteiger partial charge in [-0.05, 0) is 12.1 Å². The van der Waals surface area contributed by atoms with E-state index in [4.69, 9.17) is 15.2 Å². The summed E-state index contributed by atoms with van der Waals surface area (Å²) in [5, 5.41) is 0. The monoisotopic (exact) mass is 195 g/mol. The van der Waals surface area contributed by atoms with E-state index in [-0.39, 0.29) is 18.9 Å². The van der Waals surface area contributed by atoms with Crippen LogP contribution in [0.5, 0.6) is 11.5 Å². The first-order valence-corrected chi connectivity index (χ1v) is 4.25. The molecular weight excluding hydrogens is 182 g/mol. The Kier molecular flexibility index (Phi) is 3.94. The van der Waals surface area contributed by atoms with Crippen LogP contribution in [0.15, 0.2) is 24.3 Å². The van der Waals surface area contributed by atoms with Gasteiger partial charge in [-0.3, -0.25) is 4.79 Å². The number of hydrogen-bond donors (Lipinski definition) is 1. The highest BCUT2D eigenvalue weighted by molar-refractivity contribution is 5.81. The van der Waals surface area contributed by atoms with Crippen LogP contribution in [0.1, 0.15) is 0 Å². The zero-order valence-electron chi connectivity index (χ0n) is 8.03. The third-order valence-electron chi connectivity index (χ3n) is 1.67. The minimum absolute atomic E-state index is 0.00364. The second-order valence-corrected chi connectivity index (χ2v) is 2.71. The summed E-state index contributed by atoms with van der Waals surface area (Å²) in [5.74, 6) is 1.17. The summed E-state index contributed by atoms with van der Waals surface area (Å²) in [6, 6.07) is 7.06. The van der Waals surface area contributed by atoms with E-state index in [0.717, 1.165) is 0 Å². The average Bonchev–Trinajstić information content (AvgIpc) is 2.26. The van der Waals surface area contributed by atoms with Crippen molar-refractivity contribution >= 4 is 5.78 Å². The number of benzene rings is 1. The predicted octanol–water partition coefficient (Wildman–Crippen LogP) is 0.602. The van der Waals surface area contributed by atoms with Crippen LogP contribution in [-0.2, 0) is 4.79 Å². The molecule has 4 nitrogen and oxygen atoms in total. The molecule has 0 spiro atoms. The molecule has 1 aromatic rings. The molecule has 0 bridgehead atoms. The Hall–Kier alpha value is -1.55. The lowest BCUT2D eigenvalue weighted by Crippen LogP contribution is -2.20. The highest BCUT2D eigenvalue weighted by Crippen LogP contribution is 2.18. The number of nitrogens with two attached hydrogens (primary N) is 1. The van der Waals surface area contributed by atoms with Crippen LogP contribution in [0.3, 0.4) is 0 Å². The fourth-order valence-electron chi connectivity index (χ4n) is 0.914. The van der Waals surface area contributed by atoms with Crippen molar-refractivity contribution in [3.8, 4) is 11.5 Å². The van der Waals surface area contributed by atoms with Crippen LogP contribution >= 0.6 is 0 Å². The number of Topliss-reactive ketones (excluding diaryl/α,β-unsaturated/α-hetero) is 1. The number of hydrogen-bond acceptors (Lipinski definition) is 4. The molecule has 1 aromatic carbocycles. The van der Waals surface area contributed by atoms with Crippen LogP contribution in [0, 0.1) is 0 Å². The highest BCUT2D eigenvalue weighted by Gasteiger charge is 2.00. The molecule has 4 heteroatoms. The molecule has 0 fully saturated rings. The van der Waals surface area contributed by atoms with Gasteiger partial charge in [-0.15, -0.1) is 0 Å². The van der Waals surface area contributed by atoms with Gasteiger partial charge in [0.15, 0.2) is 5.78 Å². The van der Waals surface area contributed by atoms with Crippen molar-refractivity contribution in [2.24, 2.45) is 5.73 Å². The maximum atomic E-state index is 10.9. The molecule has 0 amide bonds. The van der Waals surface area contributed by atoms with Gasteiger partial charge in [0.2, 0.25) is 0 Å². The van der Waals surface area contributed by atoms with E-state index in [1.54, 1.807) is 31.4 Å². The second kappa shape index (κ2) is 5.24. The van der Waals surface area contributed by atoms with E-state index in [1.165, 1.54) is 0 Å². The first-order valence-electron chi connectivity index (χ1n) is 4.25. The molecule has 0 aliphatic rings. The molecular formula is C10H13NO3. The number of carbonyl (C=O) groups is 1. The number of ketones is 1. The smallest absolute Gasteiger partial charge is 0.183 e. The quantitative estimate of drug-likeness (QED) is 0.747. The molecule has 0 saturated carbocycles. The van der Waals surface area contributed by atoms with Gasteiger partial charge in [-0.25, -0.2) is 0 Å². The molecule has 1 rings (SSSR count). The van der Waals surface area contributed by atoms with E-state index in [1.807, 2.05) is 0 Å². The largest absolute Gasteiger partial charge is 0.497 e. The summed E-state index contributed by atoms with van der Waals surface area (Å²) >= 11 is 0. The van der Waals surface area contributed by atoms with E-state index in [2.05, 4.69) is 0 Å². The number of carbonyl (C=O) groups excluding carboxylic acids is 1. The molecule has 0 aromatic heterocycles. The molecule has 0 atom stereocenters. The van der Waals surface area contributed by atoms with Crippen LogP contribution in [-0.4, -0.2) is 26.0 Å². The fourth-order valence-corrected chi connectivity index (χ4v) is 0.914. The van der Waals surface area contributed by atoms with E-state index in [9.17, 15) is 4.79 Å². The van der Waals surface area contributed by atoms with Gasteiger partial charge in [0.25, 0.3) is 0 Å². The summed E-state index contributed by atoms with van der Waals surface area (Å²) in [7, 11) is 1.57. The summed E-state index contributed by atoms with van der Waals surface area (Å²) in [6.45, 7) is 0.00758. The second-order valence-electron chi connectivity index (χ2n) is 2.71. The molecule has 0 radical (unpaired) electrons. The first kappa shape index (κ1) is 10.5. The van der Waals surface area contributed by atoms with Crippen LogP contribution in [0.2, 0.25) is 0 Å². The Morgan fingerprint density at radius 3 is 2.79 bits per heavy atom. The first-order chi connectivity index (χ1) is 6.76. The van der Waals surface area contributed by atoms with Gasteiger partial charge in [-0.1, -0.05) is 6.07 Å². The number of ether oxygens (including phenoxy) is 2. The molecule has 76 valence electrons. The highest BCUT2D eigenvalue weighted by atomic mass is 16.5. The summed E-state index contributed by atoms with van der Waals surface area (Å²) in [4.78, 5) is 10.9. The molecule has 0 unspecified atom stereocenters. The minimum Gasteiger partial charge on any atom is -0.497 e. The molecule has 0 aliphatic heterocycles. The topological polar surface area (TPSA) is 61.5 Å². The van der Waals surface area contributed by atoms with E-state index in [0.29, 0.717) is 11.5 Å². The van der Waals surface area contributed by atoms with Gasteiger partial charge >= 0.3 is 0 Å². The predicted molar refractivity (Wildman–Crippen MR) is 52.6 cm³/mol. The van der Waals surface area contributed by atoms with Crippen LogP contribution < -0.4 is 15.2 Å². The molecule has 0 heterocycles. The SMILES string of the molecule is COc1cccc(OCC(=O)CN)c1. The maximum Gasteiger partial charge on any atom is 0.183 e. The van der Waals surface area contributed by atoms with E-state index < -0.39 is 0 Å². The number of methoxy groups -OCH3 is 1. The number of rotatable bonds is 5. The zero-order valence-corrected chi connectivity index (χ0v) is 8.03. The van der Waals surface area contributed by atoms with Crippen molar-refractivity contribution in [1.29, 1.82) is 0 Å². The van der Waals surface area contributed by atoms with Crippen LogP contribution in [0.4, 0.5) is 0 Å². The maximum absolute atomic E-state index is 10.9. The normalized spacial score (nSPS) is 9.57. The Morgan fingerprint density at radius 1 is 1.43 bits per heavy atom. The van der Waals surface area contributed by atoms with Crippen molar-refractivity contribution in [2.45, 2.75) is 0 Å². The third-order valence-corrected chi connectivity index (χ3v) is 1.67. The van der Waals surface area contributed by atoms with Crippen molar-refractivity contribution in [3.05, 3.63) is 24.3 Å². The Labute approximate surface area is 82.6 Å². The average molecular weight is 195 g/mol. The van der Waals surface area contributed by atoms with Gasteiger partial charge in [0.1, 0.15) is 18.1 Å². The Morgan fingerprint density at radius 2 is 2.14 bits per heavy atom. The lowest BCUT2D eigenvalue weighted by molar-refractivity contribution is -0.119. The lowest BCUT2D eigenvalue weighted by Gasteiger charge is -2.05.